The summed E-state index contributed by atoms with van der Waals surface area (Å²) >= 11 is 0. The van der Waals surface area contributed by atoms with Crippen molar-refractivity contribution in [3.63, 3.8) is 0 Å². The molecule has 140 valence electrons. The lowest BCUT2D eigenvalue weighted by molar-refractivity contribution is 0.236. The molecule has 3 heteroatoms. The van der Waals surface area contributed by atoms with E-state index < -0.39 is 0 Å². The highest BCUT2D eigenvalue weighted by atomic mass is 16.5. The van der Waals surface area contributed by atoms with Crippen molar-refractivity contribution in [1.82, 2.24) is 5.01 Å². The fourth-order valence-corrected chi connectivity index (χ4v) is 2.55. The first-order valence-electron chi connectivity index (χ1n) is 9.31. The monoisotopic (exact) mass is 352 g/mol. The maximum atomic E-state index is 5.63. The van der Waals surface area contributed by atoms with Crippen LogP contribution in [0.1, 0.15) is 39.2 Å². The van der Waals surface area contributed by atoms with Gasteiger partial charge in [-0.2, -0.15) is 5.10 Å². The number of likely N-dealkylation sites (N-methyl/N-ethyl adjacent to an activating group) is 1. The third-order valence-corrected chi connectivity index (χ3v) is 3.79. The molecule has 0 N–H and O–H groups in total. The van der Waals surface area contributed by atoms with E-state index in [0.29, 0.717) is 6.61 Å². The van der Waals surface area contributed by atoms with Crippen molar-refractivity contribution in [2.24, 2.45) is 5.10 Å². The van der Waals surface area contributed by atoms with Crippen LogP contribution in [0.4, 0.5) is 0 Å². The predicted octanol–water partition coefficient (Wildman–Crippen LogP) is 5.88. The molecule has 0 radical (unpaired) electrons. The second-order valence-electron chi connectivity index (χ2n) is 5.79. The highest BCUT2D eigenvalue weighted by Crippen LogP contribution is 2.18. The van der Waals surface area contributed by atoms with Crippen molar-refractivity contribution < 1.29 is 4.74 Å². The van der Waals surface area contributed by atoms with Crippen molar-refractivity contribution in [3.8, 4) is 0 Å². The lowest BCUT2D eigenvalue weighted by Crippen LogP contribution is -2.31. The molecule has 1 aromatic rings. The standard InChI is InChI=1S/C23H32N2O/c1-5-13-22(23(14-6-2)25(8-4)24-18-7-3)17-12-19-26-20-21-15-10-9-11-16-21/h5-6,9-13,15-19,23H,2,7-8,14,20H2,1,3-4H3/b13-5-,19-12+,22-17+,24-18-. The number of ether oxygens (including phenoxy) is 1. The molecule has 0 bridgehead atoms. The van der Waals surface area contributed by atoms with Crippen molar-refractivity contribution in [2.45, 2.75) is 46.3 Å². The Kier molecular flexibility index (Phi) is 11.3. The van der Waals surface area contributed by atoms with Gasteiger partial charge in [0, 0.05) is 12.8 Å². The highest BCUT2D eigenvalue weighted by molar-refractivity contribution is 5.56. The Morgan fingerprint density at radius 2 is 2.04 bits per heavy atom. The maximum absolute atomic E-state index is 5.63. The molecule has 3 nitrogen and oxygen atoms in total. The average molecular weight is 353 g/mol. The Labute approximate surface area is 159 Å². The van der Waals surface area contributed by atoms with E-state index in [1.807, 2.05) is 43.5 Å². The molecule has 0 amide bonds. The molecule has 1 unspecified atom stereocenters. The normalized spacial score (nSPS) is 13.6. The summed E-state index contributed by atoms with van der Waals surface area (Å²) < 4.78 is 5.63. The van der Waals surface area contributed by atoms with Crippen LogP contribution in [0.2, 0.25) is 0 Å². The van der Waals surface area contributed by atoms with Crippen molar-refractivity contribution in [1.29, 1.82) is 0 Å². The predicted molar refractivity (Wildman–Crippen MR) is 113 cm³/mol. The van der Waals surface area contributed by atoms with Crippen LogP contribution in [0.15, 0.2) is 84.2 Å². The number of benzene rings is 1. The molecule has 1 atom stereocenters. The highest BCUT2D eigenvalue weighted by Gasteiger charge is 2.16. The number of hydrogen-bond acceptors (Lipinski definition) is 3. The molecule has 26 heavy (non-hydrogen) atoms. The zero-order chi connectivity index (χ0) is 19.0. The summed E-state index contributed by atoms with van der Waals surface area (Å²) in [5.41, 5.74) is 2.34. The Morgan fingerprint density at radius 3 is 2.65 bits per heavy atom. The summed E-state index contributed by atoms with van der Waals surface area (Å²) in [6.45, 7) is 11.6. The lowest BCUT2D eigenvalue weighted by Gasteiger charge is -2.28. The third-order valence-electron chi connectivity index (χ3n) is 3.79. The fraction of sp³-hybridized carbons (Fsp3) is 0.348. The Morgan fingerprint density at radius 1 is 1.27 bits per heavy atom. The number of hydrazone groups is 1. The van der Waals surface area contributed by atoms with Gasteiger partial charge in [-0.05, 0) is 43.9 Å². The van der Waals surface area contributed by atoms with Crippen LogP contribution in [0, 0.1) is 0 Å². The Hall–Kier alpha value is -2.55. The molecule has 0 aromatic heterocycles. The first-order chi connectivity index (χ1) is 12.8. The van der Waals surface area contributed by atoms with E-state index in [0.717, 1.165) is 24.9 Å². The van der Waals surface area contributed by atoms with Crippen LogP contribution in [-0.4, -0.2) is 23.8 Å². The number of nitrogens with zero attached hydrogens (tertiary/aromatic N) is 2. The molecule has 0 spiro atoms. The fourth-order valence-electron chi connectivity index (χ4n) is 2.55. The second kappa shape index (κ2) is 13.7. The molecular weight excluding hydrogens is 320 g/mol. The van der Waals surface area contributed by atoms with Gasteiger partial charge in [-0.15, -0.1) is 6.58 Å². The van der Waals surface area contributed by atoms with Gasteiger partial charge >= 0.3 is 0 Å². The van der Waals surface area contributed by atoms with Gasteiger partial charge in [-0.1, -0.05) is 61.6 Å². The van der Waals surface area contributed by atoms with Crippen LogP contribution >= 0.6 is 0 Å². The van der Waals surface area contributed by atoms with Crippen LogP contribution in [-0.2, 0) is 11.3 Å². The molecule has 0 aliphatic rings. The van der Waals surface area contributed by atoms with Gasteiger partial charge in [-0.25, -0.2) is 0 Å². The maximum Gasteiger partial charge on any atom is 0.112 e. The van der Waals surface area contributed by atoms with E-state index in [1.54, 1.807) is 6.26 Å². The van der Waals surface area contributed by atoms with Gasteiger partial charge in [0.2, 0.25) is 0 Å². The minimum Gasteiger partial charge on any atom is -0.497 e. The molecule has 1 aromatic carbocycles. The van der Waals surface area contributed by atoms with Crippen molar-refractivity contribution in [3.05, 3.63) is 84.7 Å². The Bertz CT molecular complexity index is 614. The van der Waals surface area contributed by atoms with Crippen LogP contribution in [0.3, 0.4) is 0 Å². The van der Waals surface area contributed by atoms with Crippen LogP contribution in [0.5, 0.6) is 0 Å². The quantitative estimate of drug-likeness (QED) is 0.154. The number of rotatable bonds is 12. The van der Waals surface area contributed by atoms with Crippen molar-refractivity contribution >= 4 is 6.21 Å². The van der Waals surface area contributed by atoms with E-state index >= 15 is 0 Å². The third kappa shape index (κ3) is 8.02. The minimum absolute atomic E-state index is 0.162. The summed E-state index contributed by atoms with van der Waals surface area (Å²) in [5, 5.41) is 6.70. The zero-order valence-corrected chi connectivity index (χ0v) is 16.3. The molecule has 0 aliphatic heterocycles. The van der Waals surface area contributed by atoms with E-state index in [1.165, 1.54) is 5.57 Å². The van der Waals surface area contributed by atoms with E-state index in [9.17, 15) is 0 Å². The smallest absolute Gasteiger partial charge is 0.112 e. The number of allylic oxidation sites excluding steroid dienone is 3. The SMILES string of the molecule is C=CCC(C(/C=C\C)=C/C=C/OCc1ccccc1)N(CC)/N=C\CC. The summed E-state index contributed by atoms with van der Waals surface area (Å²) in [6.07, 6.45) is 15.6. The van der Waals surface area contributed by atoms with Gasteiger partial charge < -0.3 is 4.74 Å². The summed E-state index contributed by atoms with van der Waals surface area (Å²) in [6, 6.07) is 10.3. The van der Waals surface area contributed by atoms with E-state index in [2.05, 4.69) is 60.9 Å². The van der Waals surface area contributed by atoms with E-state index in [4.69, 9.17) is 4.74 Å². The molecule has 0 saturated heterocycles. The molecule has 0 heterocycles. The van der Waals surface area contributed by atoms with Gasteiger partial charge in [0.1, 0.15) is 6.61 Å². The molecule has 0 aliphatic carbocycles. The largest absolute Gasteiger partial charge is 0.497 e. The molecular formula is C23H32N2O. The van der Waals surface area contributed by atoms with E-state index in [-0.39, 0.29) is 6.04 Å². The van der Waals surface area contributed by atoms with Gasteiger partial charge in [-0.3, -0.25) is 5.01 Å². The molecule has 0 saturated carbocycles. The lowest BCUT2D eigenvalue weighted by atomic mass is 10.0. The first-order valence-corrected chi connectivity index (χ1v) is 9.31. The topological polar surface area (TPSA) is 24.8 Å². The second-order valence-corrected chi connectivity index (χ2v) is 5.79. The van der Waals surface area contributed by atoms with Gasteiger partial charge in [0.05, 0.1) is 12.3 Å². The average Bonchev–Trinajstić information content (AvgIpc) is 2.67. The molecule has 1 rings (SSSR count). The molecule has 0 fully saturated rings. The van der Waals surface area contributed by atoms with Crippen LogP contribution in [0.25, 0.3) is 0 Å². The number of hydrogen-bond donors (Lipinski definition) is 0. The van der Waals surface area contributed by atoms with Crippen molar-refractivity contribution in [2.75, 3.05) is 6.54 Å². The van der Waals surface area contributed by atoms with Crippen LogP contribution < -0.4 is 0 Å². The zero-order valence-electron chi connectivity index (χ0n) is 16.3. The summed E-state index contributed by atoms with van der Waals surface area (Å²) in [4.78, 5) is 0. The van der Waals surface area contributed by atoms with Gasteiger partial charge in [0.15, 0.2) is 0 Å². The Balaban J connectivity index is 2.83. The summed E-state index contributed by atoms with van der Waals surface area (Å²) in [5.74, 6) is 0. The minimum atomic E-state index is 0.162. The van der Waals surface area contributed by atoms with Gasteiger partial charge in [0.25, 0.3) is 0 Å². The first kappa shape index (κ1) is 21.5. The summed E-state index contributed by atoms with van der Waals surface area (Å²) in [7, 11) is 0.